The van der Waals surface area contributed by atoms with E-state index in [1.54, 1.807) is 0 Å². The van der Waals surface area contributed by atoms with Gasteiger partial charge in [0.2, 0.25) is 5.17 Å². The molecule has 0 aromatic rings. The van der Waals surface area contributed by atoms with E-state index in [0.717, 1.165) is 13.1 Å². The minimum Gasteiger partial charge on any atom is -0.358 e. The lowest BCUT2D eigenvalue weighted by atomic mass is 10.6. The molecule has 0 saturated carbocycles. The van der Waals surface area contributed by atoms with Gasteiger partial charge in [0, 0.05) is 6.54 Å². The largest absolute Gasteiger partial charge is 0.358 e. The first-order valence-corrected chi connectivity index (χ1v) is 2.52. The summed E-state index contributed by atoms with van der Waals surface area (Å²) < 4.78 is 0. The van der Waals surface area contributed by atoms with Crippen LogP contribution in [0, 0.1) is 0 Å². The molecule has 0 aromatic heterocycles. The van der Waals surface area contributed by atoms with Crippen molar-refractivity contribution in [3.8, 4) is 0 Å². The summed E-state index contributed by atoms with van der Waals surface area (Å²) in [7, 11) is 0. The van der Waals surface area contributed by atoms with Crippen LogP contribution in [0.3, 0.4) is 0 Å². The van der Waals surface area contributed by atoms with Crippen LogP contribution in [0.15, 0.2) is 5.10 Å². The van der Waals surface area contributed by atoms with Gasteiger partial charge in [0.05, 0.1) is 6.54 Å². The van der Waals surface area contributed by atoms with Crippen LogP contribution in [0.25, 0.3) is 0 Å². The van der Waals surface area contributed by atoms with Gasteiger partial charge in [-0.25, -0.2) is 0 Å². The summed E-state index contributed by atoms with van der Waals surface area (Å²) in [5.41, 5.74) is 2.76. The van der Waals surface area contributed by atoms with E-state index in [0.29, 0.717) is 5.17 Å². The van der Waals surface area contributed by atoms with Crippen LogP contribution in [0.2, 0.25) is 0 Å². The molecule has 0 amide bonds. The average molecular weight is 116 g/mol. The van der Waals surface area contributed by atoms with Crippen LogP contribution in [-0.2, 0) is 0 Å². The molecule has 0 fully saturated rings. The number of rotatable bonds is 0. The van der Waals surface area contributed by atoms with E-state index in [2.05, 4.69) is 28.5 Å². The first-order valence-electron chi connectivity index (χ1n) is 2.11. The van der Waals surface area contributed by atoms with E-state index in [4.69, 9.17) is 0 Å². The van der Waals surface area contributed by atoms with Gasteiger partial charge in [-0.3, -0.25) is 0 Å². The summed E-state index contributed by atoms with van der Waals surface area (Å²) in [5.74, 6) is 0. The van der Waals surface area contributed by atoms with Gasteiger partial charge < -0.3 is 10.7 Å². The van der Waals surface area contributed by atoms with E-state index >= 15 is 0 Å². The lowest BCUT2D eigenvalue weighted by Gasteiger charge is -2.08. The molecule has 1 radical (unpaired) electrons. The highest BCUT2D eigenvalue weighted by Gasteiger charge is 1.95. The zero-order valence-electron chi connectivity index (χ0n) is 3.77. The van der Waals surface area contributed by atoms with Gasteiger partial charge in [0.1, 0.15) is 0 Å². The van der Waals surface area contributed by atoms with E-state index in [-0.39, 0.29) is 0 Å². The smallest absolute Gasteiger partial charge is 0.211 e. The van der Waals surface area contributed by atoms with Crippen LogP contribution in [0.5, 0.6) is 0 Å². The molecule has 2 N–H and O–H groups in total. The van der Waals surface area contributed by atoms with Crippen LogP contribution < -0.4 is 10.7 Å². The van der Waals surface area contributed by atoms with E-state index < -0.39 is 0 Å². The SMILES string of the molecule is [S]C1=NNCCN1. The van der Waals surface area contributed by atoms with Crippen LogP contribution >= 0.6 is 12.6 Å². The Morgan fingerprint density at radius 1 is 1.57 bits per heavy atom. The molecule has 1 rings (SSSR count). The average Bonchev–Trinajstić information content (AvgIpc) is 1.69. The molecule has 3 nitrogen and oxygen atoms in total. The molecule has 0 aromatic carbocycles. The summed E-state index contributed by atoms with van der Waals surface area (Å²) in [4.78, 5) is 0. The van der Waals surface area contributed by atoms with Crippen LogP contribution in [-0.4, -0.2) is 18.3 Å². The summed E-state index contributed by atoms with van der Waals surface area (Å²) in [6.45, 7) is 1.77. The molecule has 1 heterocycles. The van der Waals surface area contributed by atoms with Crippen molar-refractivity contribution in [3.05, 3.63) is 0 Å². The fourth-order valence-electron chi connectivity index (χ4n) is 0.393. The Labute approximate surface area is 47.6 Å². The molecule has 4 heteroatoms. The predicted octanol–water partition coefficient (Wildman–Crippen LogP) is -0.352. The summed E-state index contributed by atoms with van der Waals surface area (Å²) in [5, 5.41) is 7.15. The minimum absolute atomic E-state index is 0.561. The van der Waals surface area contributed by atoms with E-state index in [9.17, 15) is 0 Å². The van der Waals surface area contributed by atoms with Crippen molar-refractivity contribution in [1.29, 1.82) is 0 Å². The predicted molar refractivity (Wildman–Crippen MR) is 31.0 cm³/mol. The topological polar surface area (TPSA) is 36.4 Å². The van der Waals surface area contributed by atoms with Crippen molar-refractivity contribution in [2.24, 2.45) is 5.10 Å². The van der Waals surface area contributed by atoms with Crippen molar-refractivity contribution < 1.29 is 0 Å². The highest BCUT2D eigenvalue weighted by molar-refractivity contribution is 7.96. The molecular weight excluding hydrogens is 110 g/mol. The second-order valence-electron chi connectivity index (χ2n) is 1.25. The molecule has 0 spiro atoms. The van der Waals surface area contributed by atoms with Gasteiger partial charge in [-0.05, 0) is 12.6 Å². The molecule has 39 valence electrons. The summed E-state index contributed by atoms with van der Waals surface area (Å²) >= 11 is 4.67. The summed E-state index contributed by atoms with van der Waals surface area (Å²) in [6.07, 6.45) is 0. The van der Waals surface area contributed by atoms with E-state index in [1.165, 1.54) is 0 Å². The van der Waals surface area contributed by atoms with Crippen molar-refractivity contribution >= 4 is 17.8 Å². The molecule has 0 aliphatic carbocycles. The Morgan fingerprint density at radius 3 is 2.71 bits per heavy atom. The quantitative estimate of drug-likeness (QED) is 0.454. The molecule has 0 unspecified atom stereocenters. The molecular formula is C3H6N3S. The van der Waals surface area contributed by atoms with Crippen molar-refractivity contribution in [2.45, 2.75) is 0 Å². The Hall–Kier alpha value is -0.510. The fraction of sp³-hybridized carbons (Fsp3) is 0.667. The summed E-state index contributed by atoms with van der Waals surface area (Å²) in [6, 6.07) is 0. The maximum absolute atomic E-state index is 4.67. The highest BCUT2D eigenvalue weighted by Crippen LogP contribution is 1.80. The number of nitrogens with one attached hydrogen (secondary N) is 2. The zero-order valence-corrected chi connectivity index (χ0v) is 4.59. The second-order valence-corrected chi connectivity index (χ2v) is 1.64. The fourth-order valence-corrected chi connectivity index (χ4v) is 0.559. The maximum Gasteiger partial charge on any atom is 0.211 e. The Bertz CT molecular complexity index is 90.2. The lowest BCUT2D eigenvalue weighted by Crippen LogP contribution is -2.34. The zero-order chi connectivity index (χ0) is 5.11. The third kappa shape index (κ3) is 1.19. The standard InChI is InChI=1S/C3H6N3S/c7-3-4-1-2-5-6-3/h5H,1-2H2,(H,4,6). The van der Waals surface area contributed by atoms with Gasteiger partial charge in [-0.1, -0.05) is 0 Å². The highest BCUT2D eigenvalue weighted by atomic mass is 32.1. The Kier molecular flexibility index (Phi) is 1.31. The Balaban J connectivity index is 2.40. The maximum atomic E-state index is 4.67. The number of nitrogens with zero attached hydrogens (tertiary/aromatic N) is 1. The number of amidine groups is 1. The van der Waals surface area contributed by atoms with Gasteiger partial charge in [0.15, 0.2) is 0 Å². The Morgan fingerprint density at radius 2 is 2.43 bits per heavy atom. The second kappa shape index (κ2) is 1.97. The minimum atomic E-state index is 0.561. The molecule has 0 atom stereocenters. The third-order valence-corrected chi connectivity index (χ3v) is 0.929. The van der Waals surface area contributed by atoms with Crippen molar-refractivity contribution in [3.63, 3.8) is 0 Å². The van der Waals surface area contributed by atoms with Crippen LogP contribution in [0.1, 0.15) is 0 Å². The third-order valence-electron chi connectivity index (χ3n) is 0.694. The van der Waals surface area contributed by atoms with Crippen molar-refractivity contribution in [2.75, 3.05) is 13.1 Å². The van der Waals surface area contributed by atoms with Gasteiger partial charge >= 0.3 is 0 Å². The van der Waals surface area contributed by atoms with Crippen molar-refractivity contribution in [1.82, 2.24) is 10.7 Å². The van der Waals surface area contributed by atoms with Gasteiger partial charge in [-0.2, -0.15) is 5.10 Å². The normalized spacial score (nSPS) is 19.1. The van der Waals surface area contributed by atoms with Gasteiger partial charge in [0.25, 0.3) is 0 Å². The molecule has 1 aliphatic rings. The number of hydrazone groups is 1. The first kappa shape index (κ1) is 4.64. The lowest BCUT2D eigenvalue weighted by molar-refractivity contribution is 0.674. The van der Waals surface area contributed by atoms with Crippen LogP contribution in [0.4, 0.5) is 0 Å². The number of hydrogen-bond donors (Lipinski definition) is 2. The molecule has 0 saturated heterocycles. The molecule has 1 aliphatic heterocycles. The van der Waals surface area contributed by atoms with E-state index in [1.807, 2.05) is 0 Å². The van der Waals surface area contributed by atoms with Gasteiger partial charge in [-0.15, -0.1) is 0 Å². The first-order chi connectivity index (χ1) is 3.39. The number of hydrogen-bond acceptors (Lipinski definition) is 3. The molecule has 7 heavy (non-hydrogen) atoms. The molecule has 0 bridgehead atoms. The monoisotopic (exact) mass is 116 g/mol.